The van der Waals surface area contributed by atoms with Gasteiger partial charge in [-0.05, 0) is 12.5 Å². The average Bonchev–Trinajstić information content (AvgIpc) is 2.35. The topological polar surface area (TPSA) is 44.4 Å². The van der Waals surface area contributed by atoms with Crippen molar-refractivity contribution in [2.45, 2.75) is 13.8 Å². The molecule has 2 amide bonds. The van der Waals surface area contributed by atoms with Gasteiger partial charge in [-0.15, -0.1) is 0 Å². The van der Waals surface area contributed by atoms with Crippen molar-refractivity contribution in [1.82, 2.24) is 15.5 Å². The minimum absolute atomic E-state index is 0.0733. The second-order valence-corrected chi connectivity index (χ2v) is 4.35. The van der Waals surface area contributed by atoms with Gasteiger partial charge < -0.3 is 15.5 Å². The molecule has 0 aromatic heterocycles. The Morgan fingerprint density at radius 3 is 2.77 bits per heavy atom. The second kappa shape index (κ2) is 3.96. The summed E-state index contributed by atoms with van der Waals surface area (Å²) >= 11 is 0. The molecule has 1 rings (SSSR count). The molecule has 0 atom stereocenters. The molecule has 13 heavy (non-hydrogen) atoms. The van der Waals surface area contributed by atoms with Crippen molar-refractivity contribution >= 4 is 6.03 Å². The molecule has 0 aromatic carbocycles. The van der Waals surface area contributed by atoms with Crippen LogP contribution in [0.25, 0.3) is 0 Å². The number of hydrogen-bond donors (Lipinski definition) is 2. The first kappa shape index (κ1) is 10.3. The van der Waals surface area contributed by atoms with E-state index in [0.717, 1.165) is 26.2 Å². The molecule has 0 aromatic rings. The molecule has 1 aliphatic rings. The number of urea groups is 1. The number of nitrogens with one attached hydrogen (secondary N) is 2. The third-order valence-corrected chi connectivity index (χ3v) is 2.22. The van der Waals surface area contributed by atoms with E-state index in [4.69, 9.17) is 0 Å². The van der Waals surface area contributed by atoms with Gasteiger partial charge in [0.2, 0.25) is 0 Å². The molecular weight excluding hydrogens is 166 g/mol. The zero-order valence-corrected chi connectivity index (χ0v) is 8.68. The van der Waals surface area contributed by atoms with E-state index in [0.29, 0.717) is 0 Å². The van der Waals surface area contributed by atoms with Gasteiger partial charge in [0, 0.05) is 26.2 Å². The maximum absolute atomic E-state index is 11.3. The highest BCUT2D eigenvalue weighted by molar-refractivity contribution is 5.76. The molecule has 1 fully saturated rings. The third-order valence-electron chi connectivity index (χ3n) is 2.22. The van der Waals surface area contributed by atoms with Crippen LogP contribution in [-0.2, 0) is 0 Å². The number of rotatable bonds is 4. The van der Waals surface area contributed by atoms with Gasteiger partial charge in [0.05, 0.1) is 0 Å². The van der Waals surface area contributed by atoms with Crippen molar-refractivity contribution in [2.75, 3.05) is 33.2 Å². The summed E-state index contributed by atoms with van der Waals surface area (Å²) < 4.78 is 0. The lowest BCUT2D eigenvalue weighted by molar-refractivity contribution is 0.188. The van der Waals surface area contributed by atoms with E-state index in [9.17, 15) is 4.79 Å². The fourth-order valence-electron chi connectivity index (χ4n) is 1.71. The van der Waals surface area contributed by atoms with E-state index in [2.05, 4.69) is 24.5 Å². The van der Waals surface area contributed by atoms with Crippen LogP contribution in [-0.4, -0.2) is 44.2 Å². The normalized spacial score (nSPS) is 17.8. The first-order chi connectivity index (χ1) is 6.05. The Labute approximate surface area is 79.7 Å². The monoisotopic (exact) mass is 185 g/mol. The van der Waals surface area contributed by atoms with Crippen molar-refractivity contribution in [3.05, 3.63) is 0 Å². The van der Waals surface area contributed by atoms with Crippen LogP contribution in [0.5, 0.6) is 0 Å². The average molecular weight is 185 g/mol. The molecule has 0 saturated carbocycles. The van der Waals surface area contributed by atoms with Crippen molar-refractivity contribution in [2.24, 2.45) is 5.41 Å². The summed E-state index contributed by atoms with van der Waals surface area (Å²) in [5.74, 6) is 0. The zero-order valence-electron chi connectivity index (χ0n) is 8.68. The van der Waals surface area contributed by atoms with Crippen molar-refractivity contribution in [3.63, 3.8) is 0 Å². The van der Waals surface area contributed by atoms with E-state index in [1.54, 1.807) is 0 Å². The smallest absolute Gasteiger partial charge is 0.317 e. The molecule has 0 bridgehead atoms. The molecule has 2 N–H and O–H groups in total. The predicted octanol–water partition coefficient (Wildman–Crippen LogP) is 0.257. The zero-order chi connectivity index (χ0) is 9.90. The van der Waals surface area contributed by atoms with E-state index in [-0.39, 0.29) is 11.4 Å². The fraction of sp³-hybridized carbons (Fsp3) is 0.889. The third kappa shape index (κ3) is 2.88. The highest BCUT2D eigenvalue weighted by Gasteiger charge is 2.26. The SMILES string of the molecule is CNCC(C)(C)CN1CCNC1=O. The van der Waals surface area contributed by atoms with Gasteiger partial charge in [-0.1, -0.05) is 13.8 Å². The first-order valence-corrected chi connectivity index (χ1v) is 4.72. The number of carbonyl (C=O) groups excluding carboxylic acids is 1. The summed E-state index contributed by atoms with van der Waals surface area (Å²) in [6, 6.07) is 0.0733. The van der Waals surface area contributed by atoms with Gasteiger partial charge in [-0.2, -0.15) is 0 Å². The molecule has 76 valence electrons. The van der Waals surface area contributed by atoms with Gasteiger partial charge in [0.15, 0.2) is 0 Å². The maximum atomic E-state index is 11.3. The Bertz CT molecular complexity index is 191. The lowest BCUT2D eigenvalue weighted by Gasteiger charge is -2.29. The molecule has 4 heteroatoms. The van der Waals surface area contributed by atoms with Crippen molar-refractivity contribution in [1.29, 1.82) is 0 Å². The van der Waals surface area contributed by atoms with Crippen LogP contribution in [0.2, 0.25) is 0 Å². The molecule has 0 unspecified atom stereocenters. The highest BCUT2D eigenvalue weighted by Crippen LogP contribution is 2.16. The van der Waals surface area contributed by atoms with Gasteiger partial charge in [0.1, 0.15) is 0 Å². The Kier molecular flexibility index (Phi) is 3.14. The van der Waals surface area contributed by atoms with E-state index < -0.39 is 0 Å². The van der Waals surface area contributed by atoms with Gasteiger partial charge in [-0.3, -0.25) is 0 Å². The Hall–Kier alpha value is -0.770. The predicted molar refractivity (Wildman–Crippen MR) is 52.7 cm³/mol. The summed E-state index contributed by atoms with van der Waals surface area (Å²) in [5.41, 5.74) is 0.149. The summed E-state index contributed by atoms with van der Waals surface area (Å²) in [6.45, 7) is 7.70. The molecule has 1 saturated heterocycles. The Morgan fingerprint density at radius 2 is 2.31 bits per heavy atom. The second-order valence-electron chi connectivity index (χ2n) is 4.35. The van der Waals surface area contributed by atoms with Crippen LogP contribution in [0, 0.1) is 5.41 Å². The molecule has 0 radical (unpaired) electrons. The van der Waals surface area contributed by atoms with Crippen molar-refractivity contribution < 1.29 is 4.79 Å². The molecule has 0 aliphatic carbocycles. The summed E-state index contributed by atoms with van der Waals surface area (Å²) in [6.07, 6.45) is 0. The summed E-state index contributed by atoms with van der Waals surface area (Å²) in [7, 11) is 1.94. The standard InChI is InChI=1S/C9H19N3O/c1-9(2,6-10-3)7-12-5-4-11-8(12)13/h10H,4-7H2,1-3H3,(H,11,13). The largest absolute Gasteiger partial charge is 0.336 e. The van der Waals surface area contributed by atoms with Crippen LogP contribution in [0.1, 0.15) is 13.8 Å². The molecule has 0 spiro atoms. The van der Waals surface area contributed by atoms with Crippen molar-refractivity contribution in [3.8, 4) is 0 Å². The van der Waals surface area contributed by atoms with E-state index in [1.807, 2.05) is 11.9 Å². The Morgan fingerprint density at radius 1 is 1.62 bits per heavy atom. The molecule has 1 aliphatic heterocycles. The molecule has 1 heterocycles. The Balaban J connectivity index is 2.42. The lowest BCUT2D eigenvalue weighted by atomic mass is 9.93. The summed E-state index contributed by atoms with van der Waals surface area (Å²) in [4.78, 5) is 13.1. The van der Waals surface area contributed by atoms with Crippen LogP contribution in [0.4, 0.5) is 4.79 Å². The minimum atomic E-state index is 0.0733. The highest BCUT2D eigenvalue weighted by atomic mass is 16.2. The fourth-order valence-corrected chi connectivity index (χ4v) is 1.71. The lowest BCUT2D eigenvalue weighted by Crippen LogP contribution is -2.41. The van der Waals surface area contributed by atoms with Gasteiger partial charge in [-0.25, -0.2) is 4.79 Å². The maximum Gasteiger partial charge on any atom is 0.317 e. The van der Waals surface area contributed by atoms with Gasteiger partial charge in [0.25, 0.3) is 0 Å². The quantitative estimate of drug-likeness (QED) is 0.659. The van der Waals surface area contributed by atoms with E-state index in [1.165, 1.54) is 0 Å². The summed E-state index contributed by atoms with van der Waals surface area (Å²) in [5, 5.41) is 5.94. The number of carbonyl (C=O) groups is 1. The minimum Gasteiger partial charge on any atom is -0.336 e. The molecular formula is C9H19N3O. The van der Waals surface area contributed by atoms with E-state index >= 15 is 0 Å². The number of amides is 2. The van der Waals surface area contributed by atoms with Crippen LogP contribution in [0.3, 0.4) is 0 Å². The van der Waals surface area contributed by atoms with Crippen LogP contribution in [0.15, 0.2) is 0 Å². The first-order valence-electron chi connectivity index (χ1n) is 4.72. The molecule has 4 nitrogen and oxygen atoms in total. The van der Waals surface area contributed by atoms with Crippen LogP contribution < -0.4 is 10.6 Å². The number of nitrogens with zero attached hydrogens (tertiary/aromatic N) is 1. The number of hydrogen-bond acceptors (Lipinski definition) is 2. The van der Waals surface area contributed by atoms with Gasteiger partial charge >= 0.3 is 6.03 Å². The van der Waals surface area contributed by atoms with Crippen LogP contribution >= 0.6 is 0 Å².